The maximum Gasteiger partial charge on any atom is 0.303 e. The number of carboxylic acids is 1. The molecule has 29 heavy (non-hydrogen) atoms. The number of hydrogen-bond donors (Lipinski definition) is 1. The molecule has 0 radical (unpaired) electrons. The fourth-order valence-electron chi connectivity index (χ4n) is 3.11. The summed E-state index contributed by atoms with van der Waals surface area (Å²) < 4.78 is 22.0. The Kier molecular flexibility index (Phi) is 4.94. The van der Waals surface area contributed by atoms with Gasteiger partial charge >= 0.3 is 5.97 Å². The van der Waals surface area contributed by atoms with Crippen LogP contribution in [0.25, 0.3) is 16.8 Å². The number of ether oxygens (including phenoxy) is 1. The molecule has 2 aromatic heterocycles. The molecule has 8 nitrogen and oxygen atoms in total. The molecule has 1 N–H and O–H groups in total. The molecule has 9 heteroatoms. The third-order valence-corrected chi connectivity index (χ3v) is 4.47. The summed E-state index contributed by atoms with van der Waals surface area (Å²) in [5.74, 6) is -0.464. The van der Waals surface area contributed by atoms with Crippen LogP contribution in [0.4, 0.5) is 4.39 Å². The van der Waals surface area contributed by atoms with Crippen molar-refractivity contribution in [3.05, 3.63) is 70.4 Å². The van der Waals surface area contributed by atoms with E-state index in [1.165, 1.54) is 12.1 Å². The molecule has 0 atom stereocenters. The van der Waals surface area contributed by atoms with Crippen molar-refractivity contribution < 1.29 is 19.0 Å². The Labute approximate surface area is 163 Å². The van der Waals surface area contributed by atoms with Crippen LogP contribution in [0.15, 0.2) is 53.3 Å². The summed E-state index contributed by atoms with van der Waals surface area (Å²) in [5, 5.41) is 13.2. The molecule has 148 valence electrons. The van der Waals surface area contributed by atoms with E-state index >= 15 is 0 Å². The number of aryl methyl sites for hydroxylation is 1. The molecule has 0 saturated heterocycles. The zero-order chi connectivity index (χ0) is 20.4. The summed E-state index contributed by atoms with van der Waals surface area (Å²) in [6.45, 7) is 0.660. The lowest BCUT2D eigenvalue weighted by molar-refractivity contribution is -0.136. The third kappa shape index (κ3) is 3.79. The van der Waals surface area contributed by atoms with E-state index in [0.717, 1.165) is 11.0 Å². The van der Waals surface area contributed by atoms with E-state index in [0.29, 0.717) is 18.1 Å². The largest absolute Gasteiger partial charge is 0.492 e. The van der Waals surface area contributed by atoms with Gasteiger partial charge in [0.05, 0.1) is 24.0 Å². The minimum atomic E-state index is -1.00. The first-order chi connectivity index (χ1) is 14.0. The van der Waals surface area contributed by atoms with Crippen LogP contribution in [0, 0.1) is 5.82 Å². The quantitative estimate of drug-likeness (QED) is 0.515. The number of carboxylic acid groups (broad SMARTS) is 1. The molecule has 0 aliphatic carbocycles. The highest BCUT2D eigenvalue weighted by Gasteiger charge is 2.15. The standard InChI is InChI=1S/C20H17FN4O4/c21-13-5-7-14(8-6-13)29-12-11-24-16-3-1-2-4-17(16)25-20(24)22-19(28)15(23-25)9-10-18(26)27/h1-8H,9-12H2,(H,26,27). The number of para-hydroxylation sites is 2. The van der Waals surface area contributed by atoms with Gasteiger partial charge in [-0.25, -0.2) is 4.39 Å². The molecular weight excluding hydrogens is 379 g/mol. The summed E-state index contributed by atoms with van der Waals surface area (Å²) in [6.07, 6.45) is -0.183. The number of benzene rings is 2. The molecular formula is C20H17FN4O4. The van der Waals surface area contributed by atoms with Crippen molar-refractivity contribution in [3.63, 3.8) is 0 Å². The first-order valence-corrected chi connectivity index (χ1v) is 9.00. The Hall–Kier alpha value is -3.75. The normalized spacial score (nSPS) is 11.2. The lowest BCUT2D eigenvalue weighted by Gasteiger charge is -2.08. The van der Waals surface area contributed by atoms with Gasteiger partial charge in [0, 0.05) is 6.42 Å². The predicted octanol–water partition coefficient (Wildman–Crippen LogP) is 2.28. The summed E-state index contributed by atoms with van der Waals surface area (Å²) in [7, 11) is 0. The van der Waals surface area contributed by atoms with Crippen molar-refractivity contribution in [2.24, 2.45) is 0 Å². The number of hydrogen-bond acceptors (Lipinski definition) is 5. The van der Waals surface area contributed by atoms with E-state index in [2.05, 4.69) is 10.1 Å². The van der Waals surface area contributed by atoms with E-state index in [4.69, 9.17) is 9.84 Å². The van der Waals surface area contributed by atoms with E-state index < -0.39 is 11.5 Å². The Balaban J connectivity index is 1.68. The molecule has 0 fully saturated rings. The van der Waals surface area contributed by atoms with E-state index in [1.807, 2.05) is 28.8 Å². The van der Waals surface area contributed by atoms with Gasteiger partial charge < -0.3 is 14.4 Å². The van der Waals surface area contributed by atoms with E-state index in [1.54, 1.807) is 16.6 Å². The van der Waals surface area contributed by atoms with Crippen LogP contribution in [0.1, 0.15) is 12.1 Å². The molecule has 0 saturated carbocycles. The highest BCUT2D eigenvalue weighted by atomic mass is 19.1. The van der Waals surface area contributed by atoms with Gasteiger partial charge in [-0.3, -0.25) is 9.59 Å². The number of fused-ring (bicyclic) bond motifs is 3. The second kappa shape index (κ2) is 7.70. The minimum absolute atomic E-state index is 0.0112. The number of imidazole rings is 1. The predicted molar refractivity (Wildman–Crippen MR) is 103 cm³/mol. The molecule has 0 unspecified atom stereocenters. The summed E-state index contributed by atoms with van der Waals surface area (Å²) in [5.41, 5.74) is 1.11. The van der Waals surface area contributed by atoms with Gasteiger partial charge in [-0.2, -0.15) is 14.6 Å². The number of aromatic nitrogens is 4. The highest BCUT2D eigenvalue weighted by molar-refractivity contribution is 5.80. The van der Waals surface area contributed by atoms with Crippen molar-refractivity contribution in [1.82, 2.24) is 19.2 Å². The van der Waals surface area contributed by atoms with Gasteiger partial charge in [0.25, 0.3) is 5.56 Å². The van der Waals surface area contributed by atoms with Gasteiger partial charge in [-0.05, 0) is 36.4 Å². The molecule has 0 spiro atoms. The topological polar surface area (TPSA) is 98.7 Å². The van der Waals surface area contributed by atoms with Gasteiger partial charge in [0.1, 0.15) is 23.9 Å². The fraction of sp³-hybridized carbons (Fsp3) is 0.200. The molecule has 4 rings (SSSR count). The zero-order valence-corrected chi connectivity index (χ0v) is 15.3. The SMILES string of the molecule is O=C(O)CCc1nn2c3ccccc3n(CCOc3ccc(F)cc3)c2nc1=O. The second-order valence-corrected chi connectivity index (χ2v) is 6.41. The monoisotopic (exact) mass is 396 g/mol. The van der Waals surface area contributed by atoms with E-state index in [9.17, 15) is 14.0 Å². The number of carbonyl (C=O) groups is 1. The average Bonchev–Trinajstić information content (AvgIpc) is 3.00. The van der Waals surface area contributed by atoms with Gasteiger partial charge in [0.15, 0.2) is 0 Å². The Morgan fingerprint density at radius 1 is 1.10 bits per heavy atom. The second-order valence-electron chi connectivity index (χ2n) is 6.41. The number of nitrogens with zero attached hydrogens (tertiary/aromatic N) is 4. The van der Waals surface area contributed by atoms with Crippen LogP contribution in [0.2, 0.25) is 0 Å². The third-order valence-electron chi connectivity index (χ3n) is 4.47. The van der Waals surface area contributed by atoms with Crippen molar-refractivity contribution in [2.45, 2.75) is 19.4 Å². The Bertz CT molecular complexity index is 1250. The molecule has 4 aromatic rings. The first kappa shape index (κ1) is 18.6. The summed E-state index contributed by atoms with van der Waals surface area (Å²) in [4.78, 5) is 27.3. The van der Waals surface area contributed by atoms with Crippen LogP contribution in [0.5, 0.6) is 5.75 Å². The number of rotatable bonds is 7. The van der Waals surface area contributed by atoms with Gasteiger partial charge in [0.2, 0.25) is 5.78 Å². The molecule has 0 aliphatic rings. The molecule has 0 bridgehead atoms. The lowest BCUT2D eigenvalue weighted by atomic mass is 10.2. The fourth-order valence-corrected chi connectivity index (χ4v) is 3.11. The van der Waals surface area contributed by atoms with Crippen LogP contribution >= 0.6 is 0 Å². The average molecular weight is 396 g/mol. The zero-order valence-electron chi connectivity index (χ0n) is 15.3. The Morgan fingerprint density at radius 2 is 1.83 bits per heavy atom. The smallest absolute Gasteiger partial charge is 0.303 e. The highest BCUT2D eigenvalue weighted by Crippen LogP contribution is 2.19. The maximum absolute atomic E-state index is 13.0. The van der Waals surface area contributed by atoms with Crippen LogP contribution in [0.3, 0.4) is 0 Å². The first-order valence-electron chi connectivity index (χ1n) is 9.00. The van der Waals surface area contributed by atoms with Crippen molar-refractivity contribution in [3.8, 4) is 5.75 Å². The molecule has 0 amide bonds. The molecule has 2 aromatic carbocycles. The number of aliphatic carboxylic acids is 1. The van der Waals surface area contributed by atoms with Crippen LogP contribution in [-0.2, 0) is 17.8 Å². The van der Waals surface area contributed by atoms with Gasteiger partial charge in [-0.1, -0.05) is 12.1 Å². The Morgan fingerprint density at radius 3 is 2.55 bits per heavy atom. The number of halogens is 1. The van der Waals surface area contributed by atoms with Crippen LogP contribution in [-0.4, -0.2) is 36.8 Å². The lowest BCUT2D eigenvalue weighted by Crippen LogP contribution is -2.21. The minimum Gasteiger partial charge on any atom is -0.492 e. The summed E-state index contributed by atoms with van der Waals surface area (Å²) >= 11 is 0. The van der Waals surface area contributed by atoms with Crippen molar-refractivity contribution >= 4 is 22.8 Å². The molecule has 0 aliphatic heterocycles. The van der Waals surface area contributed by atoms with Crippen molar-refractivity contribution in [1.29, 1.82) is 0 Å². The summed E-state index contributed by atoms with van der Waals surface area (Å²) in [6, 6.07) is 13.2. The van der Waals surface area contributed by atoms with Gasteiger partial charge in [-0.15, -0.1) is 0 Å². The maximum atomic E-state index is 13.0. The molecule has 2 heterocycles. The van der Waals surface area contributed by atoms with Crippen molar-refractivity contribution in [2.75, 3.05) is 6.61 Å². The van der Waals surface area contributed by atoms with Crippen LogP contribution < -0.4 is 10.3 Å². The van der Waals surface area contributed by atoms with E-state index in [-0.39, 0.29) is 31.0 Å².